The number of aryl methyl sites for hydroxylation is 2. The van der Waals surface area contributed by atoms with Crippen LogP contribution in [0.15, 0.2) is 18.2 Å². The molecule has 0 saturated carbocycles. The van der Waals surface area contributed by atoms with Crippen LogP contribution in [0.1, 0.15) is 23.4 Å². The van der Waals surface area contributed by atoms with Crippen LogP contribution < -0.4 is 5.32 Å². The van der Waals surface area contributed by atoms with Gasteiger partial charge in [-0.25, -0.2) is 0 Å². The van der Waals surface area contributed by atoms with E-state index in [1.54, 1.807) is 0 Å². The minimum Gasteiger partial charge on any atom is -0.313 e. The van der Waals surface area contributed by atoms with Crippen molar-refractivity contribution in [2.24, 2.45) is 0 Å². The monoisotopic (exact) mass is 188 g/mol. The molecule has 2 heterocycles. The molecule has 74 valence electrons. The molecule has 1 N–H and O–H groups in total. The first-order valence-electron chi connectivity index (χ1n) is 5.11. The van der Waals surface area contributed by atoms with E-state index in [2.05, 4.69) is 42.4 Å². The third-order valence-electron chi connectivity index (χ3n) is 2.52. The highest BCUT2D eigenvalue weighted by molar-refractivity contribution is 5.67. The Bertz CT molecular complexity index is 346. The summed E-state index contributed by atoms with van der Waals surface area (Å²) in [6, 6.07) is 4.34. The fraction of sp³-hybridized carbons (Fsp3) is 0.417. The normalized spacial score (nSPS) is 16.6. The molecule has 0 bridgehead atoms. The molecule has 2 rings (SSSR count). The summed E-state index contributed by atoms with van der Waals surface area (Å²) in [4.78, 5) is 4.39. The molecule has 2 heteroatoms. The molecule has 0 unspecified atom stereocenters. The maximum absolute atomic E-state index is 4.39. The zero-order chi connectivity index (χ0) is 9.97. The number of pyridine rings is 1. The minimum absolute atomic E-state index is 0.996. The average molecular weight is 188 g/mol. The number of aromatic nitrogens is 1. The van der Waals surface area contributed by atoms with Gasteiger partial charge in [0.15, 0.2) is 0 Å². The van der Waals surface area contributed by atoms with Crippen molar-refractivity contribution in [1.29, 1.82) is 0 Å². The van der Waals surface area contributed by atoms with Crippen molar-refractivity contribution in [3.63, 3.8) is 0 Å². The van der Waals surface area contributed by atoms with E-state index < -0.39 is 0 Å². The topological polar surface area (TPSA) is 24.9 Å². The van der Waals surface area contributed by atoms with Crippen molar-refractivity contribution in [2.45, 2.75) is 20.3 Å². The van der Waals surface area contributed by atoms with Crippen molar-refractivity contribution in [1.82, 2.24) is 10.3 Å². The quantitative estimate of drug-likeness (QED) is 0.729. The summed E-state index contributed by atoms with van der Waals surface area (Å²) < 4.78 is 0. The lowest BCUT2D eigenvalue weighted by Gasteiger charge is -2.14. The first-order chi connectivity index (χ1) is 6.75. The maximum Gasteiger partial charge on any atom is 0.0381 e. The van der Waals surface area contributed by atoms with Crippen molar-refractivity contribution >= 4 is 5.57 Å². The van der Waals surface area contributed by atoms with E-state index in [0.717, 1.165) is 30.9 Å². The molecule has 1 aliphatic heterocycles. The van der Waals surface area contributed by atoms with Crippen LogP contribution in [0.4, 0.5) is 0 Å². The molecule has 1 aliphatic rings. The Kier molecular flexibility index (Phi) is 2.64. The zero-order valence-electron chi connectivity index (χ0n) is 8.80. The van der Waals surface area contributed by atoms with Gasteiger partial charge in [0.1, 0.15) is 0 Å². The van der Waals surface area contributed by atoms with Gasteiger partial charge in [0.25, 0.3) is 0 Å². The van der Waals surface area contributed by atoms with Crippen LogP contribution in [-0.4, -0.2) is 18.1 Å². The van der Waals surface area contributed by atoms with E-state index in [-0.39, 0.29) is 0 Å². The fourth-order valence-corrected chi connectivity index (χ4v) is 1.90. The molecule has 0 saturated heterocycles. The van der Waals surface area contributed by atoms with Gasteiger partial charge >= 0.3 is 0 Å². The van der Waals surface area contributed by atoms with Crippen molar-refractivity contribution in [2.75, 3.05) is 13.1 Å². The van der Waals surface area contributed by atoms with Crippen LogP contribution in [-0.2, 0) is 0 Å². The third kappa shape index (κ3) is 2.02. The second kappa shape index (κ2) is 3.93. The SMILES string of the molecule is Cc1cc(C2=CCNCC2)cc(C)n1. The van der Waals surface area contributed by atoms with Gasteiger partial charge in [-0.15, -0.1) is 0 Å². The molecule has 0 aromatic carbocycles. The molecular weight excluding hydrogens is 172 g/mol. The first-order valence-corrected chi connectivity index (χ1v) is 5.11. The summed E-state index contributed by atoms with van der Waals surface area (Å²) in [6.45, 7) is 6.19. The smallest absolute Gasteiger partial charge is 0.0381 e. The Morgan fingerprint density at radius 3 is 2.50 bits per heavy atom. The third-order valence-corrected chi connectivity index (χ3v) is 2.52. The molecule has 1 aromatic rings. The Morgan fingerprint density at radius 2 is 1.93 bits per heavy atom. The summed E-state index contributed by atoms with van der Waals surface area (Å²) in [7, 11) is 0. The molecule has 0 radical (unpaired) electrons. The summed E-state index contributed by atoms with van der Waals surface area (Å²) in [5.41, 5.74) is 5.02. The molecule has 1 aromatic heterocycles. The fourth-order valence-electron chi connectivity index (χ4n) is 1.90. The largest absolute Gasteiger partial charge is 0.313 e. The Balaban J connectivity index is 2.35. The van der Waals surface area contributed by atoms with Crippen molar-refractivity contribution < 1.29 is 0 Å². The molecule has 0 amide bonds. The lowest BCUT2D eigenvalue weighted by molar-refractivity contribution is 0.738. The molecule has 2 nitrogen and oxygen atoms in total. The second-order valence-corrected chi connectivity index (χ2v) is 3.82. The predicted octanol–water partition coefficient (Wildman–Crippen LogP) is 2.08. The molecule has 14 heavy (non-hydrogen) atoms. The van der Waals surface area contributed by atoms with Gasteiger partial charge in [0.05, 0.1) is 0 Å². The van der Waals surface area contributed by atoms with E-state index in [0.29, 0.717) is 0 Å². The zero-order valence-corrected chi connectivity index (χ0v) is 8.80. The second-order valence-electron chi connectivity index (χ2n) is 3.82. The van der Waals surface area contributed by atoms with Crippen LogP contribution >= 0.6 is 0 Å². The Hall–Kier alpha value is -1.15. The average Bonchev–Trinajstić information content (AvgIpc) is 2.18. The summed E-state index contributed by atoms with van der Waals surface area (Å²) in [5, 5.41) is 3.32. The lowest BCUT2D eigenvalue weighted by atomic mass is 10.00. The van der Waals surface area contributed by atoms with Gasteiger partial charge in [-0.1, -0.05) is 6.08 Å². The number of hydrogen-bond acceptors (Lipinski definition) is 2. The van der Waals surface area contributed by atoms with Crippen LogP contribution in [0.2, 0.25) is 0 Å². The number of hydrogen-bond donors (Lipinski definition) is 1. The predicted molar refractivity (Wildman–Crippen MR) is 59.2 cm³/mol. The minimum atomic E-state index is 0.996. The highest BCUT2D eigenvalue weighted by atomic mass is 14.8. The van der Waals surface area contributed by atoms with Crippen LogP contribution in [0.25, 0.3) is 5.57 Å². The Morgan fingerprint density at radius 1 is 1.21 bits per heavy atom. The maximum atomic E-state index is 4.39. The number of rotatable bonds is 1. The van der Waals surface area contributed by atoms with E-state index in [4.69, 9.17) is 0 Å². The summed E-state index contributed by atoms with van der Waals surface area (Å²) in [6.07, 6.45) is 3.40. The number of nitrogens with zero attached hydrogens (tertiary/aromatic N) is 1. The highest BCUT2D eigenvalue weighted by Crippen LogP contribution is 2.20. The van der Waals surface area contributed by atoms with E-state index in [1.807, 2.05) is 0 Å². The van der Waals surface area contributed by atoms with Crippen LogP contribution in [0.3, 0.4) is 0 Å². The van der Waals surface area contributed by atoms with Crippen molar-refractivity contribution in [3.05, 3.63) is 35.2 Å². The van der Waals surface area contributed by atoms with Gasteiger partial charge in [0, 0.05) is 17.9 Å². The standard InChI is InChI=1S/C12H16N2/c1-9-7-12(8-10(2)14-9)11-3-5-13-6-4-11/h3,7-8,13H,4-6H2,1-2H3. The first kappa shape index (κ1) is 9.41. The van der Waals surface area contributed by atoms with Gasteiger partial charge in [0.2, 0.25) is 0 Å². The summed E-state index contributed by atoms with van der Waals surface area (Å²) in [5.74, 6) is 0. The highest BCUT2D eigenvalue weighted by Gasteiger charge is 2.06. The molecule has 0 atom stereocenters. The molecule has 0 spiro atoms. The van der Waals surface area contributed by atoms with Crippen molar-refractivity contribution in [3.8, 4) is 0 Å². The van der Waals surface area contributed by atoms with Gasteiger partial charge in [-0.05, 0) is 50.1 Å². The van der Waals surface area contributed by atoms with Crippen LogP contribution in [0.5, 0.6) is 0 Å². The van der Waals surface area contributed by atoms with E-state index in [9.17, 15) is 0 Å². The molecule has 0 fully saturated rings. The van der Waals surface area contributed by atoms with Crippen LogP contribution in [0, 0.1) is 13.8 Å². The molecular formula is C12H16N2. The lowest BCUT2D eigenvalue weighted by Crippen LogP contribution is -2.20. The van der Waals surface area contributed by atoms with Gasteiger partial charge in [-0.3, -0.25) is 4.98 Å². The number of nitrogens with one attached hydrogen (secondary N) is 1. The van der Waals surface area contributed by atoms with Gasteiger partial charge in [-0.2, -0.15) is 0 Å². The Labute approximate surface area is 85.1 Å². The van der Waals surface area contributed by atoms with Gasteiger partial charge < -0.3 is 5.32 Å². The molecule has 0 aliphatic carbocycles. The van der Waals surface area contributed by atoms with E-state index >= 15 is 0 Å². The summed E-state index contributed by atoms with van der Waals surface area (Å²) >= 11 is 0. The van der Waals surface area contributed by atoms with E-state index in [1.165, 1.54) is 11.1 Å².